The number of aromatic nitrogens is 1. The first-order valence-electron chi connectivity index (χ1n) is 9.17. The number of pyridine rings is 1. The molecule has 0 aliphatic carbocycles. The maximum atomic E-state index is 12.6. The quantitative estimate of drug-likeness (QED) is 0.669. The molecule has 0 bridgehead atoms. The number of aryl methyl sites for hydroxylation is 1. The predicted octanol–water partition coefficient (Wildman–Crippen LogP) is 5.06. The lowest BCUT2D eigenvalue weighted by Crippen LogP contribution is -2.30. The number of carbonyl (C=O) groups excluding carboxylic acids is 1. The largest absolute Gasteiger partial charge is 0.365 e. The summed E-state index contributed by atoms with van der Waals surface area (Å²) in [5.74, 6) is -0.203. The van der Waals surface area contributed by atoms with Crippen molar-refractivity contribution in [2.24, 2.45) is 0 Å². The predicted molar refractivity (Wildman–Crippen MR) is 111 cm³/mol. The second-order valence-corrected chi connectivity index (χ2v) is 6.93. The minimum absolute atomic E-state index is 0.203. The molecule has 2 aromatic carbocycles. The molecular weight excluding hydrogens is 334 g/mol. The molecule has 0 aliphatic heterocycles. The number of hydrogen-bond acceptors (Lipinski definition) is 3. The minimum atomic E-state index is -0.203. The van der Waals surface area contributed by atoms with Crippen LogP contribution in [0.15, 0.2) is 72.9 Å². The molecule has 138 valence electrons. The third kappa shape index (κ3) is 4.94. The molecule has 27 heavy (non-hydrogen) atoms. The van der Waals surface area contributed by atoms with E-state index in [1.165, 1.54) is 5.56 Å². The molecule has 0 spiro atoms. The van der Waals surface area contributed by atoms with E-state index in [9.17, 15) is 4.79 Å². The fraction of sp³-hybridized carbons (Fsp3) is 0.217. The van der Waals surface area contributed by atoms with E-state index >= 15 is 0 Å². The summed E-state index contributed by atoms with van der Waals surface area (Å²) in [6, 6.07) is 22.2. The van der Waals surface area contributed by atoms with Gasteiger partial charge in [0.05, 0.1) is 0 Å². The van der Waals surface area contributed by atoms with Gasteiger partial charge in [0, 0.05) is 30.2 Å². The smallest absolute Gasteiger partial charge is 0.274 e. The minimum Gasteiger partial charge on any atom is -0.365 e. The van der Waals surface area contributed by atoms with Gasteiger partial charge in [-0.25, -0.2) is 0 Å². The standard InChI is InChI=1S/C23H25N3O/c1-17(2)26(16-19-9-5-4-6-10-19)21-12-13-24-22(15-21)23(27)25-20-11-7-8-18(3)14-20/h4-15,17H,16H2,1-3H3,(H,25,27). The number of hydrogen-bond donors (Lipinski definition) is 1. The molecule has 0 unspecified atom stereocenters. The second kappa shape index (κ2) is 8.49. The van der Waals surface area contributed by atoms with Crippen LogP contribution >= 0.6 is 0 Å². The Morgan fingerprint density at radius 3 is 2.52 bits per heavy atom. The first-order valence-corrected chi connectivity index (χ1v) is 9.17. The Hall–Kier alpha value is -3.14. The van der Waals surface area contributed by atoms with Gasteiger partial charge >= 0.3 is 0 Å². The van der Waals surface area contributed by atoms with Crippen molar-refractivity contribution in [3.63, 3.8) is 0 Å². The summed E-state index contributed by atoms with van der Waals surface area (Å²) in [7, 11) is 0. The fourth-order valence-electron chi connectivity index (χ4n) is 2.99. The summed E-state index contributed by atoms with van der Waals surface area (Å²) < 4.78 is 0. The van der Waals surface area contributed by atoms with Crippen molar-refractivity contribution in [1.29, 1.82) is 0 Å². The Balaban J connectivity index is 1.81. The molecule has 3 rings (SSSR count). The maximum Gasteiger partial charge on any atom is 0.274 e. The summed E-state index contributed by atoms with van der Waals surface area (Å²) in [5.41, 5.74) is 4.50. The third-order valence-corrected chi connectivity index (χ3v) is 4.40. The summed E-state index contributed by atoms with van der Waals surface area (Å²) >= 11 is 0. The van der Waals surface area contributed by atoms with E-state index < -0.39 is 0 Å². The van der Waals surface area contributed by atoms with Crippen LogP contribution in [0.25, 0.3) is 0 Å². The van der Waals surface area contributed by atoms with Crippen molar-refractivity contribution in [2.45, 2.75) is 33.4 Å². The average molecular weight is 359 g/mol. The summed E-state index contributed by atoms with van der Waals surface area (Å²) in [6.07, 6.45) is 1.70. The molecule has 4 heteroatoms. The highest BCUT2D eigenvalue weighted by molar-refractivity contribution is 6.03. The Morgan fingerprint density at radius 2 is 1.81 bits per heavy atom. The highest BCUT2D eigenvalue weighted by Crippen LogP contribution is 2.21. The van der Waals surface area contributed by atoms with E-state index in [1.807, 2.05) is 61.5 Å². The van der Waals surface area contributed by atoms with Gasteiger partial charge in [-0.2, -0.15) is 0 Å². The molecule has 0 saturated carbocycles. The number of nitrogens with zero attached hydrogens (tertiary/aromatic N) is 2. The van der Waals surface area contributed by atoms with Gasteiger partial charge in [0.2, 0.25) is 0 Å². The van der Waals surface area contributed by atoms with Crippen LogP contribution in [-0.4, -0.2) is 16.9 Å². The molecule has 0 atom stereocenters. The molecule has 1 N–H and O–H groups in total. The lowest BCUT2D eigenvalue weighted by atomic mass is 10.1. The molecule has 4 nitrogen and oxygen atoms in total. The molecular formula is C23H25N3O. The fourth-order valence-corrected chi connectivity index (χ4v) is 2.99. The van der Waals surface area contributed by atoms with Crippen molar-refractivity contribution >= 4 is 17.3 Å². The number of amides is 1. The molecule has 3 aromatic rings. The first-order chi connectivity index (χ1) is 13.0. The second-order valence-electron chi connectivity index (χ2n) is 6.93. The number of anilines is 2. The monoisotopic (exact) mass is 359 g/mol. The zero-order valence-corrected chi connectivity index (χ0v) is 16.0. The first kappa shape index (κ1) is 18.6. The molecule has 0 radical (unpaired) electrons. The van der Waals surface area contributed by atoms with Crippen LogP contribution in [0.5, 0.6) is 0 Å². The highest BCUT2D eigenvalue weighted by Gasteiger charge is 2.15. The van der Waals surface area contributed by atoms with Gasteiger partial charge in [0.25, 0.3) is 5.91 Å². The Bertz CT molecular complexity index is 906. The van der Waals surface area contributed by atoms with E-state index in [4.69, 9.17) is 0 Å². The summed E-state index contributed by atoms with van der Waals surface area (Å²) in [6.45, 7) is 7.08. The van der Waals surface area contributed by atoms with Crippen LogP contribution in [0.3, 0.4) is 0 Å². The normalized spacial score (nSPS) is 10.7. The Labute approximate surface area is 160 Å². The Kier molecular flexibility index (Phi) is 5.87. The van der Waals surface area contributed by atoms with Crippen LogP contribution < -0.4 is 10.2 Å². The van der Waals surface area contributed by atoms with Gasteiger partial charge in [-0.1, -0.05) is 42.5 Å². The van der Waals surface area contributed by atoms with E-state index in [1.54, 1.807) is 6.20 Å². The topological polar surface area (TPSA) is 45.2 Å². The van der Waals surface area contributed by atoms with Crippen molar-refractivity contribution < 1.29 is 4.79 Å². The highest BCUT2D eigenvalue weighted by atomic mass is 16.1. The summed E-state index contributed by atoms with van der Waals surface area (Å²) in [5, 5.41) is 2.92. The molecule has 1 aromatic heterocycles. The van der Waals surface area contributed by atoms with Crippen LogP contribution in [0.2, 0.25) is 0 Å². The molecule has 0 saturated heterocycles. The van der Waals surface area contributed by atoms with Crippen molar-refractivity contribution in [1.82, 2.24) is 4.98 Å². The van der Waals surface area contributed by atoms with Gasteiger partial charge in [-0.05, 0) is 56.2 Å². The van der Waals surface area contributed by atoms with Crippen LogP contribution in [-0.2, 0) is 6.54 Å². The van der Waals surface area contributed by atoms with Gasteiger partial charge in [-0.15, -0.1) is 0 Å². The van der Waals surface area contributed by atoms with Crippen LogP contribution in [0.1, 0.15) is 35.5 Å². The van der Waals surface area contributed by atoms with E-state index in [2.05, 4.69) is 41.2 Å². The lowest BCUT2D eigenvalue weighted by Gasteiger charge is -2.29. The van der Waals surface area contributed by atoms with Crippen LogP contribution in [0, 0.1) is 6.92 Å². The van der Waals surface area contributed by atoms with E-state index in [0.717, 1.165) is 23.5 Å². The van der Waals surface area contributed by atoms with Gasteiger partial charge in [0.1, 0.15) is 5.69 Å². The van der Waals surface area contributed by atoms with Gasteiger partial charge in [-0.3, -0.25) is 9.78 Å². The Morgan fingerprint density at radius 1 is 1.04 bits per heavy atom. The van der Waals surface area contributed by atoms with Crippen molar-refractivity contribution in [3.8, 4) is 0 Å². The van der Waals surface area contributed by atoms with E-state index in [-0.39, 0.29) is 5.91 Å². The average Bonchev–Trinajstić information content (AvgIpc) is 2.67. The number of benzene rings is 2. The van der Waals surface area contributed by atoms with Gasteiger partial charge in [0.15, 0.2) is 0 Å². The van der Waals surface area contributed by atoms with Crippen molar-refractivity contribution in [2.75, 3.05) is 10.2 Å². The number of carbonyl (C=O) groups is 1. The molecule has 1 amide bonds. The van der Waals surface area contributed by atoms with Crippen molar-refractivity contribution in [3.05, 3.63) is 89.7 Å². The number of nitrogens with one attached hydrogen (secondary N) is 1. The third-order valence-electron chi connectivity index (χ3n) is 4.40. The number of rotatable bonds is 6. The summed E-state index contributed by atoms with van der Waals surface area (Å²) in [4.78, 5) is 19.2. The zero-order chi connectivity index (χ0) is 19.2. The molecule has 1 heterocycles. The maximum absolute atomic E-state index is 12.6. The molecule has 0 fully saturated rings. The van der Waals surface area contributed by atoms with E-state index in [0.29, 0.717) is 11.7 Å². The van der Waals surface area contributed by atoms with Crippen LogP contribution in [0.4, 0.5) is 11.4 Å². The lowest BCUT2D eigenvalue weighted by molar-refractivity contribution is 0.102. The zero-order valence-electron chi connectivity index (χ0n) is 16.0. The molecule has 0 aliphatic rings. The van der Waals surface area contributed by atoms with Gasteiger partial charge < -0.3 is 10.2 Å². The SMILES string of the molecule is Cc1cccc(NC(=O)c2cc(N(Cc3ccccc3)C(C)C)ccn2)c1.